The molecule has 0 saturated heterocycles. The van der Waals surface area contributed by atoms with Crippen LogP contribution in [0.1, 0.15) is 48.1 Å². The molecule has 1 fully saturated rings. The Morgan fingerprint density at radius 3 is 2.85 bits per heavy atom. The topological polar surface area (TPSA) is 87.5 Å². The van der Waals surface area contributed by atoms with Crippen LogP contribution in [0.25, 0.3) is 17.0 Å². The van der Waals surface area contributed by atoms with Crippen molar-refractivity contribution in [1.82, 2.24) is 15.2 Å². The van der Waals surface area contributed by atoms with E-state index in [0.717, 1.165) is 59.1 Å². The fourth-order valence-electron chi connectivity index (χ4n) is 4.79. The smallest absolute Gasteiger partial charge is 0.246 e. The highest BCUT2D eigenvalue weighted by molar-refractivity contribution is 5.99. The zero-order chi connectivity index (χ0) is 23.0. The van der Waals surface area contributed by atoms with E-state index in [2.05, 4.69) is 15.6 Å². The minimum Gasteiger partial charge on any atom is -0.459 e. The number of anilines is 1. The standard InChI is InChI=1S/C26H28N4O3/c1-17-20-7-3-4-8-21(20)33-22(17)16-30(2)23(31)10-9-18-13-19-15-28-26(11-5-6-12-26)25(32)29-24(19)27-14-18/h3-4,7-10,13-14,28H,5-6,11-12,15-16H2,1-2H3,(H,27,29,32)/b10-9+. The average molecular weight is 445 g/mol. The number of hydrogen-bond acceptors (Lipinski definition) is 5. The Morgan fingerprint density at radius 1 is 1.27 bits per heavy atom. The lowest BCUT2D eigenvalue weighted by Gasteiger charge is -2.26. The molecule has 1 saturated carbocycles. The second-order valence-corrected chi connectivity index (χ2v) is 9.05. The first kappa shape index (κ1) is 21.4. The van der Waals surface area contributed by atoms with Crippen LogP contribution in [0.3, 0.4) is 0 Å². The molecule has 0 bridgehead atoms. The second-order valence-electron chi connectivity index (χ2n) is 9.05. The van der Waals surface area contributed by atoms with Gasteiger partial charge in [-0.05, 0) is 43.5 Å². The number of para-hydroxylation sites is 1. The third-order valence-corrected chi connectivity index (χ3v) is 6.85. The van der Waals surface area contributed by atoms with Gasteiger partial charge in [-0.3, -0.25) is 14.9 Å². The first-order valence-electron chi connectivity index (χ1n) is 11.4. The van der Waals surface area contributed by atoms with Crippen LogP contribution in [0.2, 0.25) is 0 Å². The largest absolute Gasteiger partial charge is 0.459 e. The van der Waals surface area contributed by atoms with Gasteiger partial charge in [0.2, 0.25) is 11.8 Å². The van der Waals surface area contributed by atoms with Gasteiger partial charge in [0.05, 0.1) is 12.1 Å². The Labute approximate surface area is 192 Å². The summed E-state index contributed by atoms with van der Waals surface area (Å²) in [5.41, 5.74) is 3.14. The number of aromatic nitrogens is 1. The van der Waals surface area contributed by atoms with E-state index >= 15 is 0 Å². The summed E-state index contributed by atoms with van der Waals surface area (Å²) < 4.78 is 5.94. The molecule has 2 amide bonds. The fraction of sp³-hybridized carbons (Fsp3) is 0.346. The molecule has 1 aliphatic carbocycles. The molecule has 33 heavy (non-hydrogen) atoms. The summed E-state index contributed by atoms with van der Waals surface area (Å²) in [4.78, 5) is 31.5. The van der Waals surface area contributed by atoms with Crippen molar-refractivity contribution >= 4 is 34.7 Å². The Kier molecular flexibility index (Phi) is 5.50. The number of hydrogen-bond donors (Lipinski definition) is 2. The van der Waals surface area contributed by atoms with Gasteiger partial charge in [-0.25, -0.2) is 4.98 Å². The van der Waals surface area contributed by atoms with Crippen molar-refractivity contribution < 1.29 is 14.0 Å². The van der Waals surface area contributed by atoms with E-state index in [1.165, 1.54) is 0 Å². The van der Waals surface area contributed by atoms with E-state index in [1.54, 1.807) is 30.3 Å². The van der Waals surface area contributed by atoms with Crippen LogP contribution in [0.4, 0.5) is 5.82 Å². The Bertz CT molecular complexity index is 1250. The summed E-state index contributed by atoms with van der Waals surface area (Å²) >= 11 is 0. The molecule has 2 aliphatic rings. The van der Waals surface area contributed by atoms with Gasteiger partial charge in [-0.1, -0.05) is 31.0 Å². The third kappa shape index (κ3) is 4.04. The van der Waals surface area contributed by atoms with Crippen molar-refractivity contribution in [1.29, 1.82) is 0 Å². The van der Waals surface area contributed by atoms with E-state index < -0.39 is 5.54 Å². The van der Waals surface area contributed by atoms with Gasteiger partial charge in [0, 0.05) is 42.4 Å². The predicted molar refractivity (Wildman–Crippen MR) is 127 cm³/mol. The summed E-state index contributed by atoms with van der Waals surface area (Å²) in [5.74, 6) is 1.26. The highest BCUT2D eigenvalue weighted by Crippen LogP contribution is 2.33. The van der Waals surface area contributed by atoms with Gasteiger partial charge < -0.3 is 14.6 Å². The van der Waals surface area contributed by atoms with Crippen LogP contribution in [0, 0.1) is 6.92 Å². The highest BCUT2D eigenvalue weighted by Gasteiger charge is 2.42. The van der Waals surface area contributed by atoms with Gasteiger partial charge >= 0.3 is 0 Å². The Morgan fingerprint density at radius 2 is 2.06 bits per heavy atom. The Balaban J connectivity index is 1.27. The maximum atomic E-state index is 12.7. The normalized spacial score (nSPS) is 17.3. The number of rotatable bonds is 4. The van der Waals surface area contributed by atoms with Crippen molar-refractivity contribution in [2.45, 2.75) is 51.2 Å². The first-order valence-corrected chi connectivity index (χ1v) is 11.4. The molecule has 5 rings (SSSR count). The quantitative estimate of drug-likeness (QED) is 0.590. The molecule has 0 atom stereocenters. The van der Waals surface area contributed by atoms with Gasteiger partial charge in [-0.2, -0.15) is 0 Å². The van der Waals surface area contributed by atoms with Crippen molar-refractivity contribution in [2.75, 3.05) is 12.4 Å². The summed E-state index contributed by atoms with van der Waals surface area (Å²) in [6, 6.07) is 9.85. The summed E-state index contributed by atoms with van der Waals surface area (Å²) in [6.07, 6.45) is 8.80. The van der Waals surface area contributed by atoms with E-state index in [1.807, 2.05) is 37.3 Å². The van der Waals surface area contributed by atoms with Gasteiger partial charge in [0.25, 0.3) is 0 Å². The monoisotopic (exact) mass is 444 g/mol. The lowest BCUT2D eigenvalue weighted by molar-refractivity contribution is -0.125. The zero-order valence-corrected chi connectivity index (χ0v) is 19.0. The summed E-state index contributed by atoms with van der Waals surface area (Å²) in [6.45, 7) is 2.98. The number of pyridine rings is 1. The number of carbonyl (C=O) groups excluding carboxylic acids is 2. The molecule has 7 heteroatoms. The lowest BCUT2D eigenvalue weighted by Crippen LogP contribution is -2.50. The molecule has 0 radical (unpaired) electrons. The number of nitrogens with one attached hydrogen (secondary N) is 2. The predicted octanol–water partition coefficient (Wildman–Crippen LogP) is 4.16. The number of nitrogens with zero attached hydrogens (tertiary/aromatic N) is 2. The molecule has 7 nitrogen and oxygen atoms in total. The number of carbonyl (C=O) groups is 2. The molecule has 1 spiro atoms. The van der Waals surface area contributed by atoms with Crippen LogP contribution in [0.15, 0.2) is 47.0 Å². The van der Waals surface area contributed by atoms with Crippen LogP contribution >= 0.6 is 0 Å². The summed E-state index contributed by atoms with van der Waals surface area (Å²) in [7, 11) is 1.76. The average Bonchev–Trinajstić information content (AvgIpc) is 3.39. The van der Waals surface area contributed by atoms with E-state index in [4.69, 9.17) is 4.42 Å². The highest BCUT2D eigenvalue weighted by atomic mass is 16.3. The maximum absolute atomic E-state index is 12.7. The molecule has 2 aromatic heterocycles. The molecule has 3 heterocycles. The fourth-order valence-corrected chi connectivity index (χ4v) is 4.79. The number of likely N-dealkylation sites (N-methyl/N-ethyl adjacent to an activating group) is 1. The third-order valence-electron chi connectivity index (χ3n) is 6.85. The Hall–Kier alpha value is -3.45. The van der Waals surface area contributed by atoms with Crippen molar-refractivity contribution in [2.24, 2.45) is 0 Å². The maximum Gasteiger partial charge on any atom is 0.246 e. The molecule has 1 aliphatic heterocycles. The first-order chi connectivity index (χ1) is 15.9. The minimum atomic E-state index is -0.482. The molecule has 0 unspecified atom stereocenters. The van der Waals surface area contributed by atoms with Crippen molar-refractivity contribution in [3.8, 4) is 0 Å². The van der Waals surface area contributed by atoms with Crippen LogP contribution in [0.5, 0.6) is 0 Å². The van der Waals surface area contributed by atoms with Crippen LogP contribution in [-0.4, -0.2) is 34.3 Å². The van der Waals surface area contributed by atoms with Gasteiger partial charge in [-0.15, -0.1) is 0 Å². The number of benzene rings is 1. The lowest BCUT2D eigenvalue weighted by atomic mass is 9.97. The van der Waals surface area contributed by atoms with E-state index in [9.17, 15) is 9.59 Å². The second kappa shape index (κ2) is 8.48. The number of aryl methyl sites for hydroxylation is 1. The molecule has 170 valence electrons. The molecule has 3 aromatic rings. The van der Waals surface area contributed by atoms with E-state index in [-0.39, 0.29) is 11.8 Å². The van der Waals surface area contributed by atoms with Crippen LogP contribution < -0.4 is 10.6 Å². The van der Waals surface area contributed by atoms with Crippen molar-refractivity contribution in [3.05, 3.63) is 65.1 Å². The van der Waals surface area contributed by atoms with Gasteiger partial charge in [0.1, 0.15) is 17.2 Å². The molecular weight excluding hydrogens is 416 g/mol. The molecular formula is C26H28N4O3. The van der Waals surface area contributed by atoms with Crippen LogP contribution in [-0.2, 0) is 22.7 Å². The minimum absolute atomic E-state index is 0.00669. The number of furan rings is 1. The summed E-state index contributed by atoms with van der Waals surface area (Å²) in [5, 5.41) is 7.51. The number of fused-ring (bicyclic) bond motifs is 2. The SMILES string of the molecule is Cc1c(CN(C)C(=O)/C=C/c2cnc3c(c2)CNC2(CCCC2)C(=O)N3)oc2ccccc12. The molecule has 2 N–H and O–H groups in total. The van der Waals surface area contributed by atoms with E-state index in [0.29, 0.717) is 18.9 Å². The van der Waals surface area contributed by atoms with Crippen molar-refractivity contribution in [3.63, 3.8) is 0 Å². The molecule has 1 aromatic carbocycles. The zero-order valence-electron chi connectivity index (χ0n) is 19.0. The number of amides is 2. The van der Waals surface area contributed by atoms with Gasteiger partial charge in [0.15, 0.2) is 0 Å².